The van der Waals surface area contributed by atoms with E-state index in [0.717, 1.165) is 0 Å². The van der Waals surface area contributed by atoms with Crippen molar-refractivity contribution in [3.8, 4) is 0 Å². The number of rotatable bonds is 5. The molecule has 3 heterocycles. The fourth-order valence-corrected chi connectivity index (χ4v) is 3.61. The number of hydrogen-bond acceptors (Lipinski definition) is 5. The molecule has 1 atom stereocenters. The van der Waals surface area contributed by atoms with Gasteiger partial charge in [0.25, 0.3) is 0 Å². The van der Waals surface area contributed by atoms with Crippen LogP contribution in [0.2, 0.25) is 0 Å². The molecule has 23 heavy (non-hydrogen) atoms. The predicted octanol–water partition coefficient (Wildman–Crippen LogP) is 1.80. The summed E-state index contributed by atoms with van der Waals surface area (Å²) in [4.78, 5) is 3.99. The first kappa shape index (κ1) is 15.6. The molecule has 0 amide bonds. The van der Waals surface area contributed by atoms with Crippen LogP contribution >= 0.6 is 0 Å². The van der Waals surface area contributed by atoms with Gasteiger partial charge in [-0.2, -0.15) is 0 Å². The van der Waals surface area contributed by atoms with Crippen LogP contribution in [-0.4, -0.2) is 28.0 Å². The van der Waals surface area contributed by atoms with Crippen molar-refractivity contribution in [3.05, 3.63) is 54.7 Å². The quantitative estimate of drug-likeness (QED) is 0.770. The molecule has 8 heteroatoms. The summed E-state index contributed by atoms with van der Waals surface area (Å²) in [7, 11) is -3.69. The van der Waals surface area contributed by atoms with Gasteiger partial charge >= 0.3 is 0 Å². The molecule has 0 aliphatic carbocycles. The maximum atomic E-state index is 12.6. The highest BCUT2D eigenvalue weighted by Crippen LogP contribution is 2.23. The number of sulfonamides is 1. The van der Waals surface area contributed by atoms with Crippen LogP contribution in [0.25, 0.3) is 5.65 Å². The van der Waals surface area contributed by atoms with E-state index in [4.69, 9.17) is 0 Å². The van der Waals surface area contributed by atoms with Gasteiger partial charge in [-0.25, -0.2) is 13.1 Å². The first-order chi connectivity index (χ1) is 11.0. The van der Waals surface area contributed by atoms with E-state index >= 15 is 0 Å². The van der Waals surface area contributed by atoms with E-state index in [9.17, 15) is 8.42 Å². The molecule has 0 radical (unpaired) electrons. The Bertz CT molecular complexity index is 906. The van der Waals surface area contributed by atoms with Crippen LogP contribution in [0.5, 0.6) is 0 Å². The zero-order valence-corrected chi connectivity index (χ0v) is 13.6. The van der Waals surface area contributed by atoms with Gasteiger partial charge in [0.2, 0.25) is 10.0 Å². The molecule has 0 unspecified atom stereocenters. The normalized spacial score (nSPS) is 13.5. The van der Waals surface area contributed by atoms with Gasteiger partial charge in [-0.3, -0.25) is 9.38 Å². The van der Waals surface area contributed by atoms with Gasteiger partial charge < -0.3 is 0 Å². The third kappa shape index (κ3) is 3.08. The Hall–Kier alpha value is -2.32. The zero-order chi connectivity index (χ0) is 16.4. The molecule has 3 aromatic rings. The smallest absolute Gasteiger partial charge is 0.242 e. The predicted molar refractivity (Wildman–Crippen MR) is 85.1 cm³/mol. The molecule has 1 N–H and O–H groups in total. The largest absolute Gasteiger partial charge is 0.285 e. The molecule has 0 saturated carbocycles. The first-order valence-corrected chi connectivity index (χ1v) is 8.69. The van der Waals surface area contributed by atoms with Gasteiger partial charge in [0.1, 0.15) is 4.90 Å². The maximum Gasteiger partial charge on any atom is 0.242 e. The van der Waals surface area contributed by atoms with E-state index in [2.05, 4.69) is 19.9 Å². The molecule has 7 nitrogen and oxygen atoms in total. The molecule has 0 saturated heterocycles. The van der Waals surface area contributed by atoms with E-state index < -0.39 is 16.1 Å². The van der Waals surface area contributed by atoms with Crippen LogP contribution in [0, 0.1) is 5.92 Å². The molecule has 0 aliphatic heterocycles. The molecular weight excluding hydrogens is 314 g/mol. The number of nitrogens with zero attached hydrogens (tertiary/aromatic N) is 4. The summed E-state index contributed by atoms with van der Waals surface area (Å²) in [5, 5.41) is 8.26. The van der Waals surface area contributed by atoms with Crippen molar-refractivity contribution >= 4 is 15.7 Å². The van der Waals surface area contributed by atoms with Crippen molar-refractivity contribution in [1.29, 1.82) is 0 Å². The van der Waals surface area contributed by atoms with Crippen molar-refractivity contribution in [2.24, 2.45) is 5.92 Å². The second kappa shape index (κ2) is 6.05. The molecule has 0 bridgehead atoms. The van der Waals surface area contributed by atoms with Gasteiger partial charge in [-0.1, -0.05) is 19.9 Å². The highest BCUT2D eigenvalue weighted by Gasteiger charge is 2.27. The molecule has 0 spiro atoms. The molecule has 3 aromatic heterocycles. The zero-order valence-electron chi connectivity index (χ0n) is 12.8. The number of fused-ring (bicyclic) bond motifs is 1. The molecule has 0 aliphatic rings. The van der Waals surface area contributed by atoms with Crippen molar-refractivity contribution < 1.29 is 8.42 Å². The van der Waals surface area contributed by atoms with Crippen LogP contribution in [0.4, 0.5) is 0 Å². The third-order valence-electron chi connectivity index (χ3n) is 3.51. The second-order valence-electron chi connectivity index (χ2n) is 5.52. The summed E-state index contributed by atoms with van der Waals surface area (Å²) in [6.07, 6.45) is 4.67. The van der Waals surface area contributed by atoms with Crippen LogP contribution in [-0.2, 0) is 10.0 Å². The molecule has 0 aromatic carbocycles. The van der Waals surface area contributed by atoms with Crippen molar-refractivity contribution in [3.63, 3.8) is 0 Å². The molecule has 120 valence electrons. The third-order valence-corrected chi connectivity index (χ3v) is 4.94. The number of hydrogen-bond donors (Lipinski definition) is 1. The fourth-order valence-electron chi connectivity index (χ4n) is 2.30. The molecule has 3 rings (SSSR count). The van der Waals surface area contributed by atoms with Crippen molar-refractivity contribution in [1.82, 2.24) is 24.3 Å². The Morgan fingerprint density at radius 1 is 1.13 bits per heavy atom. The Morgan fingerprint density at radius 3 is 2.65 bits per heavy atom. The molecule has 0 fully saturated rings. The Balaban J connectivity index is 2.00. The van der Waals surface area contributed by atoms with Gasteiger partial charge in [0, 0.05) is 18.6 Å². The van der Waals surface area contributed by atoms with E-state index in [0.29, 0.717) is 11.5 Å². The van der Waals surface area contributed by atoms with Crippen LogP contribution in [0.1, 0.15) is 25.7 Å². The number of pyridine rings is 2. The second-order valence-corrected chi connectivity index (χ2v) is 7.23. The summed E-state index contributed by atoms with van der Waals surface area (Å²) in [5.41, 5.74) is 0.675. The first-order valence-electron chi connectivity index (χ1n) is 7.21. The highest BCUT2D eigenvalue weighted by molar-refractivity contribution is 7.89. The van der Waals surface area contributed by atoms with Crippen molar-refractivity contribution in [2.45, 2.75) is 24.8 Å². The van der Waals surface area contributed by atoms with Crippen LogP contribution in [0.3, 0.4) is 0 Å². The van der Waals surface area contributed by atoms with Crippen LogP contribution in [0.15, 0.2) is 53.8 Å². The summed E-state index contributed by atoms with van der Waals surface area (Å²) >= 11 is 0. The lowest BCUT2D eigenvalue weighted by Gasteiger charge is -2.20. The number of nitrogens with one attached hydrogen (secondary N) is 1. The fraction of sp³-hybridized carbons (Fsp3) is 0.267. The average Bonchev–Trinajstić information content (AvgIpc) is 2.97. The minimum atomic E-state index is -3.69. The summed E-state index contributed by atoms with van der Waals surface area (Å²) < 4.78 is 29.6. The minimum absolute atomic E-state index is 0.00551. The summed E-state index contributed by atoms with van der Waals surface area (Å²) in [5.74, 6) is 0.553. The molecular formula is C15H17N5O2S. The highest BCUT2D eigenvalue weighted by atomic mass is 32.2. The Kier molecular flexibility index (Phi) is 4.10. The van der Waals surface area contributed by atoms with Gasteiger partial charge in [0.15, 0.2) is 11.5 Å². The monoisotopic (exact) mass is 331 g/mol. The lowest BCUT2D eigenvalue weighted by Crippen LogP contribution is -2.33. The SMILES string of the molecule is CC(C)[C@@H](NS(=O)(=O)c1cccnc1)c1nnc2ccccn12. The average molecular weight is 331 g/mol. The van der Waals surface area contributed by atoms with Gasteiger partial charge in [-0.15, -0.1) is 10.2 Å². The maximum absolute atomic E-state index is 12.6. The lowest BCUT2D eigenvalue weighted by atomic mass is 10.1. The number of aromatic nitrogens is 4. The summed E-state index contributed by atoms with van der Waals surface area (Å²) in [6, 6.07) is 8.13. The van der Waals surface area contributed by atoms with Crippen LogP contribution < -0.4 is 4.72 Å². The standard InChI is InChI=1S/C15H17N5O2S/c1-11(2)14(15-18-17-13-7-3-4-9-20(13)15)19-23(21,22)12-6-5-8-16-10-12/h3-11,14,19H,1-2H3/t14-/m1/s1. The van der Waals surface area contributed by atoms with Gasteiger partial charge in [0.05, 0.1) is 6.04 Å². The Labute approximate surface area is 134 Å². The lowest BCUT2D eigenvalue weighted by molar-refractivity contribution is 0.441. The van der Waals surface area contributed by atoms with E-state index in [1.165, 1.54) is 18.5 Å². The van der Waals surface area contributed by atoms with Gasteiger partial charge in [-0.05, 0) is 30.2 Å². The van der Waals surface area contributed by atoms with Crippen molar-refractivity contribution in [2.75, 3.05) is 0 Å². The van der Waals surface area contributed by atoms with E-state index in [1.807, 2.05) is 38.2 Å². The van der Waals surface area contributed by atoms with E-state index in [-0.39, 0.29) is 10.8 Å². The topological polar surface area (TPSA) is 89.2 Å². The summed E-state index contributed by atoms with van der Waals surface area (Å²) in [6.45, 7) is 3.86. The minimum Gasteiger partial charge on any atom is -0.285 e. The Morgan fingerprint density at radius 2 is 1.96 bits per heavy atom. The van der Waals surface area contributed by atoms with E-state index in [1.54, 1.807) is 10.5 Å².